The number of halogens is 1. The first kappa shape index (κ1) is 12.0. The van der Waals surface area contributed by atoms with Crippen molar-refractivity contribution in [2.75, 3.05) is 18.4 Å². The van der Waals surface area contributed by atoms with Crippen molar-refractivity contribution in [3.63, 3.8) is 0 Å². The van der Waals surface area contributed by atoms with Gasteiger partial charge in [0.05, 0.1) is 17.3 Å². The Balaban J connectivity index is 1.81. The van der Waals surface area contributed by atoms with Gasteiger partial charge in [0, 0.05) is 19.6 Å². The zero-order chi connectivity index (χ0) is 12.5. The Kier molecular flexibility index (Phi) is 3.26. The van der Waals surface area contributed by atoms with Crippen LogP contribution in [0.1, 0.15) is 19.3 Å². The summed E-state index contributed by atoms with van der Waals surface area (Å²) in [6, 6.07) is 0.301. The Morgan fingerprint density at radius 1 is 1.50 bits per heavy atom. The minimum Gasteiger partial charge on any atom is -0.374 e. The second kappa shape index (κ2) is 4.90. The van der Waals surface area contributed by atoms with Crippen LogP contribution in [-0.4, -0.2) is 28.9 Å². The van der Waals surface area contributed by atoms with Crippen LogP contribution in [0.5, 0.6) is 0 Å². The number of aromatic nitrogens is 2. The molecule has 1 aromatic rings. The van der Waals surface area contributed by atoms with Crippen molar-refractivity contribution >= 4 is 17.3 Å². The third kappa shape index (κ3) is 2.24. The van der Waals surface area contributed by atoms with Crippen molar-refractivity contribution in [2.45, 2.75) is 31.8 Å². The fourth-order valence-electron chi connectivity index (χ4n) is 2.24. The van der Waals surface area contributed by atoms with Crippen molar-refractivity contribution in [1.82, 2.24) is 15.1 Å². The molecule has 2 aliphatic rings. The van der Waals surface area contributed by atoms with Gasteiger partial charge in [-0.3, -0.25) is 4.79 Å². The van der Waals surface area contributed by atoms with Gasteiger partial charge in [0.1, 0.15) is 5.69 Å². The molecule has 18 heavy (non-hydrogen) atoms. The Hall–Kier alpha value is -1.07. The molecule has 0 unspecified atom stereocenters. The number of anilines is 1. The van der Waals surface area contributed by atoms with Crippen molar-refractivity contribution in [1.29, 1.82) is 0 Å². The summed E-state index contributed by atoms with van der Waals surface area (Å²) in [6.45, 7) is 2.47. The Morgan fingerprint density at radius 2 is 2.28 bits per heavy atom. The summed E-state index contributed by atoms with van der Waals surface area (Å²) in [5.74, 6) is 0.606. The average molecular weight is 269 g/mol. The predicted octanol–water partition coefficient (Wildman–Crippen LogP) is 1.08. The number of hydrogen-bond acceptors (Lipinski definition) is 4. The van der Waals surface area contributed by atoms with Crippen LogP contribution >= 0.6 is 11.6 Å². The largest absolute Gasteiger partial charge is 0.374 e. The lowest BCUT2D eigenvalue weighted by Gasteiger charge is -2.29. The molecule has 2 heterocycles. The second-order valence-corrected chi connectivity index (χ2v) is 5.56. The molecule has 0 spiro atoms. The van der Waals surface area contributed by atoms with E-state index < -0.39 is 0 Å². The zero-order valence-electron chi connectivity index (χ0n) is 10.2. The van der Waals surface area contributed by atoms with Gasteiger partial charge in [0.25, 0.3) is 5.56 Å². The monoisotopic (exact) mass is 268 g/mol. The van der Waals surface area contributed by atoms with Crippen LogP contribution in [0.4, 0.5) is 5.69 Å². The highest BCUT2D eigenvalue weighted by molar-refractivity contribution is 6.33. The van der Waals surface area contributed by atoms with E-state index in [1.165, 1.54) is 19.3 Å². The fourth-order valence-corrected chi connectivity index (χ4v) is 2.42. The van der Waals surface area contributed by atoms with Gasteiger partial charge in [0.2, 0.25) is 0 Å². The van der Waals surface area contributed by atoms with Crippen molar-refractivity contribution in [2.24, 2.45) is 5.92 Å². The molecule has 2 N–H and O–H groups in total. The van der Waals surface area contributed by atoms with E-state index in [1.54, 1.807) is 10.9 Å². The molecule has 0 radical (unpaired) electrons. The van der Waals surface area contributed by atoms with Crippen molar-refractivity contribution in [3.8, 4) is 0 Å². The maximum atomic E-state index is 12.3. The summed E-state index contributed by atoms with van der Waals surface area (Å²) >= 11 is 6.05. The molecule has 2 fully saturated rings. The number of rotatable bonds is 4. The van der Waals surface area contributed by atoms with E-state index in [9.17, 15) is 4.79 Å². The molecule has 1 aliphatic heterocycles. The summed E-state index contributed by atoms with van der Waals surface area (Å²) in [6.07, 6.45) is 5.24. The van der Waals surface area contributed by atoms with Crippen LogP contribution in [0, 0.1) is 5.92 Å². The van der Waals surface area contributed by atoms with Gasteiger partial charge in [0.15, 0.2) is 0 Å². The Bertz CT molecular complexity index is 493. The lowest BCUT2D eigenvalue weighted by atomic mass is 9.85. The van der Waals surface area contributed by atoms with E-state index in [-0.39, 0.29) is 5.56 Å². The Morgan fingerprint density at radius 3 is 2.83 bits per heavy atom. The zero-order valence-corrected chi connectivity index (χ0v) is 10.9. The molecule has 1 aliphatic carbocycles. The van der Waals surface area contributed by atoms with Crippen LogP contribution in [-0.2, 0) is 6.54 Å². The first-order valence-corrected chi connectivity index (χ1v) is 6.84. The maximum absolute atomic E-state index is 12.3. The smallest absolute Gasteiger partial charge is 0.291 e. The van der Waals surface area contributed by atoms with E-state index in [4.69, 9.17) is 11.6 Å². The van der Waals surface area contributed by atoms with E-state index in [2.05, 4.69) is 15.7 Å². The lowest BCUT2D eigenvalue weighted by molar-refractivity contribution is 0.262. The molecule has 0 atom stereocenters. The number of hydrogen-bond donors (Lipinski definition) is 2. The molecule has 3 rings (SSSR count). The molecule has 6 heteroatoms. The first-order chi connectivity index (χ1) is 8.74. The molecule has 0 bridgehead atoms. The number of nitrogens with one attached hydrogen (secondary N) is 2. The topological polar surface area (TPSA) is 59.0 Å². The molecular weight excluding hydrogens is 252 g/mol. The van der Waals surface area contributed by atoms with Gasteiger partial charge >= 0.3 is 0 Å². The van der Waals surface area contributed by atoms with E-state index >= 15 is 0 Å². The lowest BCUT2D eigenvalue weighted by Crippen LogP contribution is -2.52. The van der Waals surface area contributed by atoms with Gasteiger partial charge in [-0.2, -0.15) is 5.10 Å². The van der Waals surface area contributed by atoms with Crippen molar-refractivity contribution in [3.05, 3.63) is 21.6 Å². The first-order valence-electron chi connectivity index (χ1n) is 6.47. The molecular formula is C12H17ClN4O. The van der Waals surface area contributed by atoms with Crippen LogP contribution in [0.2, 0.25) is 5.02 Å². The van der Waals surface area contributed by atoms with Crippen LogP contribution < -0.4 is 16.2 Å². The summed E-state index contributed by atoms with van der Waals surface area (Å²) < 4.78 is 1.55. The van der Waals surface area contributed by atoms with Crippen LogP contribution in [0.15, 0.2) is 11.0 Å². The highest BCUT2D eigenvalue weighted by Gasteiger charge is 2.22. The second-order valence-electron chi connectivity index (χ2n) is 5.15. The molecule has 1 aromatic heterocycles. The minimum atomic E-state index is -0.0960. The highest BCUT2D eigenvalue weighted by atomic mass is 35.5. The summed E-state index contributed by atoms with van der Waals surface area (Å²) in [5.41, 5.74) is 0.402. The van der Waals surface area contributed by atoms with Gasteiger partial charge in [-0.15, -0.1) is 0 Å². The van der Waals surface area contributed by atoms with E-state index in [0.717, 1.165) is 13.1 Å². The summed E-state index contributed by atoms with van der Waals surface area (Å²) in [5, 5.41) is 10.9. The fraction of sp³-hybridized carbons (Fsp3) is 0.667. The van der Waals surface area contributed by atoms with Crippen molar-refractivity contribution < 1.29 is 0 Å². The highest BCUT2D eigenvalue weighted by Crippen LogP contribution is 2.27. The van der Waals surface area contributed by atoms with Gasteiger partial charge in [-0.05, 0) is 18.8 Å². The average Bonchev–Trinajstić information content (AvgIpc) is 2.23. The molecule has 1 saturated carbocycles. The van der Waals surface area contributed by atoms with Gasteiger partial charge in [-0.1, -0.05) is 18.0 Å². The van der Waals surface area contributed by atoms with Gasteiger partial charge < -0.3 is 10.6 Å². The van der Waals surface area contributed by atoms with E-state index in [1.807, 2.05) is 0 Å². The maximum Gasteiger partial charge on any atom is 0.291 e. The molecule has 0 amide bonds. The Labute approximate surface area is 111 Å². The normalized spacial score (nSPS) is 20.3. The minimum absolute atomic E-state index is 0.0960. The summed E-state index contributed by atoms with van der Waals surface area (Å²) in [4.78, 5) is 12.3. The summed E-state index contributed by atoms with van der Waals surface area (Å²) in [7, 11) is 0. The van der Waals surface area contributed by atoms with E-state index in [0.29, 0.717) is 29.2 Å². The third-order valence-electron chi connectivity index (χ3n) is 3.78. The van der Waals surface area contributed by atoms with Crippen LogP contribution in [0.25, 0.3) is 0 Å². The quantitative estimate of drug-likeness (QED) is 0.858. The SMILES string of the molecule is O=c1c(NC2CNC2)c(Cl)cnn1CC1CCC1. The molecule has 98 valence electrons. The molecule has 5 nitrogen and oxygen atoms in total. The molecule has 0 aromatic carbocycles. The molecule has 1 saturated heterocycles. The standard InChI is InChI=1S/C12H17ClN4O/c13-10-6-15-17(7-8-2-1-3-8)12(18)11(10)16-9-4-14-5-9/h6,8-9,14,16H,1-5,7H2. The van der Waals surface area contributed by atoms with Gasteiger partial charge in [-0.25, -0.2) is 4.68 Å². The number of nitrogens with zero attached hydrogens (tertiary/aromatic N) is 2. The van der Waals surface area contributed by atoms with Crippen LogP contribution in [0.3, 0.4) is 0 Å². The predicted molar refractivity (Wildman–Crippen MR) is 71.1 cm³/mol. The third-order valence-corrected chi connectivity index (χ3v) is 4.07.